The summed E-state index contributed by atoms with van der Waals surface area (Å²) in [7, 11) is 0. The summed E-state index contributed by atoms with van der Waals surface area (Å²) in [6.07, 6.45) is 2.00. The van der Waals surface area contributed by atoms with E-state index < -0.39 is 0 Å². The summed E-state index contributed by atoms with van der Waals surface area (Å²) in [4.78, 5) is 4.36. The Morgan fingerprint density at radius 2 is 1.67 bits per heavy atom. The summed E-state index contributed by atoms with van der Waals surface area (Å²) < 4.78 is 0. The number of rotatable bonds is 4. The molecule has 0 heterocycles. The van der Waals surface area contributed by atoms with Crippen LogP contribution in [0.15, 0.2) is 4.99 Å². The lowest BCUT2D eigenvalue weighted by Crippen LogP contribution is -2.45. The first-order valence-corrected chi connectivity index (χ1v) is 4.65. The van der Waals surface area contributed by atoms with Gasteiger partial charge in [0.1, 0.15) is 0 Å². The first kappa shape index (κ1) is 11.6. The Balaban J connectivity index is 4.03. The number of aliphatic imine (C=N–C) groups is 1. The zero-order valence-electron chi connectivity index (χ0n) is 9.18. The van der Waals surface area contributed by atoms with E-state index in [1.807, 2.05) is 6.21 Å². The molecule has 0 aliphatic carbocycles. The Kier molecular flexibility index (Phi) is 4.46. The molecule has 0 saturated heterocycles. The second kappa shape index (κ2) is 4.61. The van der Waals surface area contributed by atoms with Crippen molar-refractivity contribution in [1.29, 1.82) is 0 Å². The summed E-state index contributed by atoms with van der Waals surface area (Å²) in [6.45, 7) is 12.7. The molecular weight excluding hydrogens is 148 g/mol. The van der Waals surface area contributed by atoms with E-state index in [9.17, 15) is 0 Å². The summed E-state index contributed by atoms with van der Waals surface area (Å²) in [6, 6.07) is 0.886. The Hall–Kier alpha value is -0.370. The molecule has 0 radical (unpaired) electrons. The van der Waals surface area contributed by atoms with E-state index in [0.29, 0.717) is 12.1 Å². The fourth-order valence-corrected chi connectivity index (χ4v) is 1.12. The van der Waals surface area contributed by atoms with E-state index in [0.717, 1.165) is 0 Å². The van der Waals surface area contributed by atoms with Gasteiger partial charge in [-0.25, -0.2) is 0 Å². The summed E-state index contributed by atoms with van der Waals surface area (Å²) >= 11 is 0. The SMILES string of the molecule is CC(C)N=CC(C)(C)NC(C)C. The molecule has 0 aliphatic heterocycles. The molecular formula is C10H22N2. The molecule has 0 unspecified atom stereocenters. The summed E-state index contributed by atoms with van der Waals surface area (Å²) in [5, 5.41) is 3.43. The average molecular weight is 170 g/mol. The van der Waals surface area contributed by atoms with E-state index >= 15 is 0 Å². The third-order valence-corrected chi connectivity index (χ3v) is 1.36. The van der Waals surface area contributed by atoms with Crippen LogP contribution in [0.1, 0.15) is 41.5 Å². The molecule has 0 atom stereocenters. The van der Waals surface area contributed by atoms with Gasteiger partial charge in [0, 0.05) is 23.8 Å². The Bertz CT molecular complexity index is 146. The van der Waals surface area contributed by atoms with Crippen molar-refractivity contribution in [1.82, 2.24) is 5.32 Å². The Morgan fingerprint density at radius 1 is 1.17 bits per heavy atom. The minimum Gasteiger partial charge on any atom is -0.305 e. The lowest BCUT2D eigenvalue weighted by Gasteiger charge is -2.24. The minimum absolute atomic E-state index is 0.0123. The van der Waals surface area contributed by atoms with Gasteiger partial charge in [-0.2, -0.15) is 0 Å². The molecule has 0 bridgehead atoms. The van der Waals surface area contributed by atoms with Crippen LogP contribution in [0.4, 0.5) is 0 Å². The molecule has 2 nitrogen and oxygen atoms in total. The molecule has 0 aromatic carbocycles. The van der Waals surface area contributed by atoms with Crippen molar-refractivity contribution in [3.63, 3.8) is 0 Å². The largest absolute Gasteiger partial charge is 0.305 e. The van der Waals surface area contributed by atoms with Gasteiger partial charge in [-0.3, -0.25) is 4.99 Å². The van der Waals surface area contributed by atoms with E-state index in [2.05, 4.69) is 51.9 Å². The Morgan fingerprint density at radius 3 is 2.00 bits per heavy atom. The molecule has 12 heavy (non-hydrogen) atoms. The third kappa shape index (κ3) is 6.35. The molecule has 0 aliphatic rings. The van der Waals surface area contributed by atoms with Gasteiger partial charge in [-0.1, -0.05) is 13.8 Å². The molecule has 72 valence electrons. The molecule has 0 amide bonds. The van der Waals surface area contributed by atoms with E-state index in [1.54, 1.807) is 0 Å². The quantitative estimate of drug-likeness (QED) is 0.643. The fraction of sp³-hybridized carbons (Fsp3) is 0.900. The van der Waals surface area contributed by atoms with Crippen molar-refractivity contribution in [3.05, 3.63) is 0 Å². The molecule has 0 rings (SSSR count). The van der Waals surface area contributed by atoms with Crippen molar-refractivity contribution >= 4 is 6.21 Å². The normalized spacial score (nSPS) is 13.7. The van der Waals surface area contributed by atoms with Crippen molar-refractivity contribution in [2.24, 2.45) is 4.99 Å². The monoisotopic (exact) mass is 170 g/mol. The van der Waals surface area contributed by atoms with Crippen molar-refractivity contribution in [2.45, 2.75) is 59.2 Å². The first-order valence-electron chi connectivity index (χ1n) is 4.65. The van der Waals surface area contributed by atoms with E-state index in [1.165, 1.54) is 0 Å². The van der Waals surface area contributed by atoms with Crippen LogP contribution in [0.2, 0.25) is 0 Å². The van der Waals surface area contributed by atoms with Gasteiger partial charge in [-0.15, -0.1) is 0 Å². The maximum atomic E-state index is 4.36. The van der Waals surface area contributed by atoms with Gasteiger partial charge in [0.25, 0.3) is 0 Å². The van der Waals surface area contributed by atoms with Gasteiger partial charge in [0.05, 0.1) is 0 Å². The van der Waals surface area contributed by atoms with Gasteiger partial charge < -0.3 is 5.32 Å². The molecule has 0 aromatic heterocycles. The highest BCUT2D eigenvalue weighted by Crippen LogP contribution is 2.01. The third-order valence-electron chi connectivity index (χ3n) is 1.36. The van der Waals surface area contributed by atoms with Crippen LogP contribution in [0, 0.1) is 0 Å². The highest BCUT2D eigenvalue weighted by molar-refractivity contribution is 5.69. The van der Waals surface area contributed by atoms with Crippen LogP contribution in [-0.2, 0) is 0 Å². The van der Waals surface area contributed by atoms with Crippen LogP contribution in [0.3, 0.4) is 0 Å². The van der Waals surface area contributed by atoms with Crippen LogP contribution < -0.4 is 5.32 Å². The summed E-state index contributed by atoms with van der Waals surface area (Å²) in [5.74, 6) is 0. The molecule has 0 spiro atoms. The number of nitrogens with zero attached hydrogens (tertiary/aromatic N) is 1. The molecule has 0 saturated carbocycles. The van der Waals surface area contributed by atoms with Gasteiger partial charge >= 0.3 is 0 Å². The predicted molar refractivity (Wildman–Crippen MR) is 56.0 cm³/mol. The lowest BCUT2D eigenvalue weighted by molar-refractivity contribution is 0.457. The van der Waals surface area contributed by atoms with E-state index in [-0.39, 0.29) is 5.54 Å². The second-order valence-electron chi connectivity index (χ2n) is 4.39. The second-order valence-corrected chi connectivity index (χ2v) is 4.39. The lowest BCUT2D eigenvalue weighted by atomic mass is 10.1. The molecule has 2 heteroatoms. The topological polar surface area (TPSA) is 24.4 Å². The van der Waals surface area contributed by atoms with Gasteiger partial charge in [0.15, 0.2) is 0 Å². The fourth-order valence-electron chi connectivity index (χ4n) is 1.12. The van der Waals surface area contributed by atoms with Crippen molar-refractivity contribution in [2.75, 3.05) is 0 Å². The van der Waals surface area contributed by atoms with Crippen molar-refractivity contribution < 1.29 is 0 Å². The predicted octanol–water partition coefficient (Wildman–Crippen LogP) is 2.24. The maximum absolute atomic E-state index is 4.36. The zero-order chi connectivity index (χ0) is 9.78. The highest BCUT2D eigenvalue weighted by Gasteiger charge is 2.14. The Labute approximate surface area is 76.5 Å². The standard InChI is InChI=1S/C10H22N2/c1-8(2)11-7-10(5,6)12-9(3)4/h7-9,12H,1-6H3. The number of hydrogen-bond acceptors (Lipinski definition) is 2. The number of nitrogens with one attached hydrogen (secondary N) is 1. The van der Waals surface area contributed by atoms with E-state index in [4.69, 9.17) is 0 Å². The first-order chi connectivity index (χ1) is 5.33. The molecule has 1 N–H and O–H groups in total. The van der Waals surface area contributed by atoms with Gasteiger partial charge in [-0.05, 0) is 27.7 Å². The molecule has 0 aromatic rings. The average Bonchev–Trinajstić information content (AvgIpc) is 1.81. The highest BCUT2D eigenvalue weighted by atomic mass is 15.0. The minimum atomic E-state index is 0.0123. The van der Waals surface area contributed by atoms with Gasteiger partial charge in [0.2, 0.25) is 0 Å². The van der Waals surface area contributed by atoms with Crippen LogP contribution in [-0.4, -0.2) is 23.8 Å². The van der Waals surface area contributed by atoms with Crippen molar-refractivity contribution in [3.8, 4) is 0 Å². The molecule has 0 fully saturated rings. The van der Waals surface area contributed by atoms with Crippen LogP contribution in [0.5, 0.6) is 0 Å². The number of hydrogen-bond donors (Lipinski definition) is 1. The van der Waals surface area contributed by atoms with Crippen LogP contribution in [0.25, 0.3) is 0 Å². The zero-order valence-corrected chi connectivity index (χ0v) is 9.18. The maximum Gasteiger partial charge on any atom is 0.0478 e. The smallest absolute Gasteiger partial charge is 0.0478 e. The summed E-state index contributed by atoms with van der Waals surface area (Å²) in [5.41, 5.74) is 0.0123. The van der Waals surface area contributed by atoms with Crippen LogP contribution >= 0.6 is 0 Å².